The number of para-hydroxylation sites is 1. The van der Waals surface area contributed by atoms with Crippen LogP contribution in [-0.4, -0.2) is 0 Å². The molecule has 0 radical (unpaired) electrons. The summed E-state index contributed by atoms with van der Waals surface area (Å²) in [6.07, 6.45) is 0. The van der Waals surface area contributed by atoms with E-state index >= 15 is 0 Å². The van der Waals surface area contributed by atoms with Gasteiger partial charge in [0.2, 0.25) is 0 Å². The van der Waals surface area contributed by atoms with E-state index in [4.69, 9.17) is 20.6 Å². The number of anilines is 2. The van der Waals surface area contributed by atoms with Crippen molar-refractivity contribution in [3.8, 4) is 22.8 Å². The number of ether oxygens (including phenoxy) is 1. The Balaban J connectivity index is 1.66. The van der Waals surface area contributed by atoms with Gasteiger partial charge in [-0.2, -0.15) is 0 Å². The largest absolute Gasteiger partial charge is 0.456 e. The Morgan fingerprint density at radius 1 is 0.846 bits per heavy atom. The molecule has 5 heteroatoms. The van der Waals surface area contributed by atoms with Gasteiger partial charge in [-0.05, 0) is 48.5 Å². The second-order valence-electron chi connectivity index (χ2n) is 5.89. The number of benzene rings is 3. The van der Waals surface area contributed by atoms with Crippen LogP contribution in [0.4, 0.5) is 11.4 Å². The van der Waals surface area contributed by atoms with Gasteiger partial charge in [0.05, 0.1) is 11.1 Å². The molecule has 4 N–H and O–H groups in total. The standard InChI is InChI=1S/C21H16N2O3/c22-14-7-10-17(23)21(11-14)25-15-8-5-13(6-9-15)20-12-18(24)16-3-1-2-4-19(16)26-20/h1-12H,22-23H2. The van der Waals surface area contributed by atoms with Crippen molar-refractivity contribution in [3.63, 3.8) is 0 Å². The molecule has 0 amide bonds. The minimum absolute atomic E-state index is 0.0743. The lowest BCUT2D eigenvalue weighted by Gasteiger charge is -2.10. The Labute approximate surface area is 149 Å². The summed E-state index contributed by atoms with van der Waals surface area (Å²) in [6, 6.07) is 21.0. The van der Waals surface area contributed by atoms with Gasteiger partial charge in [-0.15, -0.1) is 0 Å². The Morgan fingerprint density at radius 2 is 1.62 bits per heavy atom. The third-order valence-corrected chi connectivity index (χ3v) is 4.04. The quantitative estimate of drug-likeness (QED) is 0.537. The summed E-state index contributed by atoms with van der Waals surface area (Å²) in [5, 5.41) is 0.563. The average molecular weight is 344 g/mol. The molecule has 0 saturated carbocycles. The molecule has 4 aromatic rings. The van der Waals surface area contributed by atoms with Crippen LogP contribution in [0.5, 0.6) is 11.5 Å². The maximum atomic E-state index is 12.2. The average Bonchev–Trinajstić information content (AvgIpc) is 2.65. The fourth-order valence-corrected chi connectivity index (χ4v) is 2.70. The van der Waals surface area contributed by atoms with Crippen molar-refractivity contribution in [2.75, 3.05) is 11.5 Å². The van der Waals surface area contributed by atoms with Crippen LogP contribution in [0.3, 0.4) is 0 Å². The van der Waals surface area contributed by atoms with Crippen molar-refractivity contribution in [1.82, 2.24) is 0 Å². The van der Waals surface area contributed by atoms with Crippen LogP contribution in [-0.2, 0) is 0 Å². The van der Waals surface area contributed by atoms with Gasteiger partial charge in [-0.1, -0.05) is 12.1 Å². The molecule has 0 bridgehead atoms. The summed E-state index contributed by atoms with van der Waals surface area (Å²) in [4.78, 5) is 12.2. The maximum absolute atomic E-state index is 12.2. The van der Waals surface area contributed by atoms with Gasteiger partial charge in [-0.3, -0.25) is 4.79 Å². The van der Waals surface area contributed by atoms with Crippen molar-refractivity contribution in [2.45, 2.75) is 0 Å². The highest BCUT2D eigenvalue weighted by Crippen LogP contribution is 2.31. The molecular weight excluding hydrogens is 328 g/mol. The number of rotatable bonds is 3. The highest BCUT2D eigenvalue weighted by molar-refractivity contribution is 5.78. The maximum Gasteiger partial charge on any atom is 0.193 e. The van der Waals surface area contributed by atoms with Gasteiger partial charge in [-0.25, -0.2) is 0 Å². The number of fused-ring (bicyclic) bond motifs is 1. The Bertz CT molecular complexity index is 1150. The van der Waals surface area contributed by atoms with Crippen molar-refractivity contribution in [2.24, 2.45) is 0 Å². The zero-order valence-corrected chi connectivity index (χ0v) is 13.8. The first-order chi connectivity index (χ1) is 12.6. The summed E-state index contributed by atoms with van der Waals surface area (Å²) >= 11 is 0. The number of nitrogens with two attached hydrogens (primary N) is 2. The first kappa shape index (κ1) is 15.8. The summed E-state index contributed by atoms with van der Waals surface area (Å²) in [6.45, 7) is 0. The molecular formula is C21H16N2O3. The molecule has 0 fully saturated rings. The number of hydrogen-bond acceptors (Lipinski definition) is 5. The molecule has 0 saturated heterocycles. The van der Waals surface area contributed by atoms with E-state index in [1.165, 1.54) is 6.07 Å². The molecule has 4 rings (SSSR count). The minimum atomic E-state index is -0.0743. The molecule has 0 atom stereocenters. The van der Waals surface area contributed by atoms with Crippen LogP contribution in [0.2, 0.25) is 0 Å². The zero-order valence-electron chi connectivity index (χ0n) is 13.8. The Kier molecular flexibility index (Phi) is 3.82. The Morgan fingerprint density at radius 3 is 2.42 bits per heavy atom. The van der Waals surface area contributed by atoms with Crippen LogP contribution >= 0.6 is 0 Å². The summed E-state index contributed by atoms with van der Waals surface area (Å²) < 4.78 is 11.6. The van der Waals surface area contributed by atoms with Gasteiger partial charge in [0.1, 0.15) is 17.1 Å². The molecule has 0 spiro atoms. The van der Waals surface area contributed by atoms with Crippen LogP contribution in [0.25, 0.3) is 22.3 Å². The van der Waals surface area contributed by atoms with E-state index in [1.807, 2.05) is 24.3 Å². The predicted octanol–water partition coefficient (Wildman–Crippen LogP) is 4.42. The Hall–Kier alpha value is -3.73. The normalized spacial score (nSPS) is 10.8. The van der Waals surface area contributed by atoms with E-state index in [-0.39, 0.29) is 5.43 Å². The van der Waals surface area contributed by atoms with Crippen molar-refractivity contribution < 1.29 is 9.15 Å². The van der Waals surface area contributed by atoms with Gasteiger partial charge >= 0.3 is 0 Å². The lowest BCUT2D eigenvalue weighted by Crippen LogP contribution is -1.99. The van der Waals surface area contributed by atoms with Gasteiger partial charge in [0, 0.05) is 23.4 Å². The van der Waals surface area contributed by atoms with E-state index in [0.717, 1.165) is 5.56 Å². The lowest BCUT2D eigenvalue weighted by atomic mass is 10.1. The van der Waals surface area contributed by atoms with E-state index in [0.29, 0.717) is 39.6 Å². The second kappa shape index (κ2) is 6.29. The molecule has 0 aliphatic rings. The first-order valence-electron chi connectivity index (χ1n) is 8.06. The predicted molar refractivity (Wildman–Crippen MR) is 103 cm³/mol. The fourth-order valence-electron chi connectivity index (χ4n) is 2.70. The monoisotopic (exact) mass is 344 g/mol. The SMILES string of the molecule is Nc1ccc(N)c(Oc2ccc(-c3cc(=O)c4ccccc4o3)cc2)c1. The zero-order chi connectivity index (χ0) is 18.1. The highest BCUT2D eigenvalue weighted by Gasteiger charge is 2.08. The smallest absolute Gasteiger partial charge is 0.193 e. The van der Waals surface area contributed by atoms with Crippen LogP contribution in [0.15, 0.2) is 82.0 Å². The van der Waals surface area contributed by atoms with E-state index < -0.39 is 0 Å². The third-order valence-electron chi connectivity index (χ3n) is 4.04. The molecule has 1 aromatic heterocycles. The van der Waals surface area contributed by atoms with Crippen LogP contribution in [0.1, 0.15) is 0 Å². The molecule has 128 valence electrons. The van der Waals surface area contributed by atoms with Crippen molar-refractivity contribution in [1.29, 1.82) is 0 Å². The third kappa shape index (κ3) is 2.98. The molecule has 0 unspecified atom stereocenters. The van der Waals surface area contributed by atoms with Gasteiger partial charge < -0.3 is 20.6 Å². The molecule has 26 heavy (non-hydrogen) atoms. The molecule has 1 heterocycles. The second-order valence-corrected chi connectivity index (χ2v) is 5.89. The molecule has 5 nitrogen and oxygen atoms in total. The lowest BCUT2D eigenvalue weighted by molar-refractivity contribution is 0.485. The van der Waals surface area contributed by atoms with E-state index in [1.54, 1.807) is 42.5 Å². The van der Waals surface area contributed by atoms with Gasteiger partial charge in [0.15, 0.2) is 11.2 Å². The van der Waals surface area contributed by atoms with E-state index in [9.17, 15) is 4.79 Å². The summed E-state index contributed by atoms with van der Waals surface area (Å²) in [7, 11) is 0. The first-order valence-corrected chi connectivity index (χ1v) is 8.06. The fraction of sp³-hybridized carbons (Fsp3) is 0. The molecule has 0 aliphatic heterocycles. The van der Waals surface area contributed by atoms with Crippen LogP contribution < -0.4 is 21.6 Å². The molecule has 0 aliphatic carbocycles. The van der Waals surface area contributed by atoms with E-state index in [2.05, 4.69) is 0 Å². The van der Waals surface area contributed by atoms with Crippen molar-refractivity contribution >= 4 is 22.3 Å². The minimum Gasteiger partial charge on any atom is -0.456 e. The topological polar surface area (TPSA) is 91.5 Å². The van der Waals surface area contributed by atoms with Gasteiger partial charge in [0.25, 0.3) is 0 Å². The van der Waals surface area contributed by atoms with Crippen molar-refractivity contribution in [3.05, 3.63) is 83.0 Å². The molecule has 3 aromatic carbocycles. The summed E-state index contributed by atoms with van der Waals surface area (Å²) in [5.41, 5.74) is 14.0. The summed E-state index contributed by atoms with van der Waals surface area (Å²) in [5.74, 6) is 1.60. The number of nitrogen functional groups attached to an aromatic ring is 2. The number of hydrogen-bond donors (Lipinski definition) is 2. The highest BCUT2D eigenvalue weighted by atomic mass is 16.5. The van der Waals surface area contributed by atoms with Crippen LogP contribution in [0, 0.1) is 0 Å².